The van der Waals surface area contributed by atoms with Crippen LogP contribution in [0.3, 0.4) is 0 Å². The molecule has 35 heavy (non-hydrogen) atoms. The minimum absolute atomic E-state index is 0.00570. The standard InChI is InChI=1S/C27H29N5O3/c1-34-22-7-3-5-19(15-22)18-29-27(33)20-9-12-31(13-10-20)26-25-17-24(30-32(25)14-11-28-26)21-6-4-8-23(16-21)35-2/h3-8,11,14-17,20H,9-10,12-13,18H2,1-2H3,(H,29,33). The van der Waals surface area contributed by atoms with E-state index in [1.54, 1.807) is 20.4 Å². The fraction of sp³-hybridized carbons (Fsp3) is 0.296. The minimum Gasteiger partial charge on any atom is -0.497 e. The summed E-state index contributed by atoms with van der Waals surface area (Å²) < 4.78 is 12.5. The number of fused-ring (bicyclic) bond motifs is 1. The second-order valence-corrected chi connectivity index (χ2v) is 8.67. The monoisotopic (exact) mass is 471 g/mol. The molecule has 1 N–H and O–H groups in total. The second kappa shape index (κ2) is 10.0. The third kappa shape index (κ3) is 4.91. The zero-order valence-corrected chi connectivity index (χ0v) is 20.0. The highest BCUT2D eigenvalue weighted by Gasteiger charge is 2.26. The summed E-state index contributed by atoms with van der Waals surface area (Å²) in [5.74, 6) is 2.58. The van der Waals surface area contributed by atoms with Crippen molar-refractivity contribution in [2.75, 3.05) is 32.2 Å². The van der Waals surface area contributed by atoms with Gasteiger partial charge in [0, 0.05) is 43.5 Å². The summed E-state index contributed by atoms with van der Waals surface area (Å²) in [5, 5.41) is 7.83. The highest BCUT2D eigenvalue weighted by atomic mass is 16.5. The van der Waals surface area contributed by atoms with Crippen LogP contribution >= 0.6 is 0 Å². The third-order valence-corrected chi connectivity index (χ3v) is 6.50. The van der Waals surface area contributed by atoms with Gasteiger partial charge < -0.3 is 19.7 Å². The summed E-state index contributed by atoms with van der Waals surface area (Å²) in [6.45, 7) is 2.03. The van der Waals surface area contributed by atoms with Crippen molar-refractivity contribution in [3.05, 3.63) is 72.6 Å². The van der Waals surface area contributed by atoms with E-state index in [2.05, 4.69) is 21.3 Å². The summed E-state index contributed by atoms with van der Waals surface area (Å²) in [5.41, 5.74) is 3.83. The summed E-state index contributed by atoms with van der Waals surface area (Å²) in [6.07, 6.45) is 5.20. The van der Waals surface area contributed by atoms with Gasteiger partial charge in [-0.3, -0.25) is 4.79 Å². The molecule has 8 heteroatoms. The molecule has 2 aromatic heterocycles. The van der Waals surface area contributed by atoms with Crippen molar-refractivity contribution in [1.82, 2.24) is 19.9 Å². The van der Waals surface area contributed by atoms with E-state index < -0.39 is 0 Å². The van der Waals surface area contributed by atoms with Crippen LogP contribution in [-0.4, -0.2) is 47.8 Å². The van der Waals surface area contributed by atoms with Crippen molar-refractivity contribution in [2.45, 2.75) is 19.4 Å². The van der Waals surface area contributed by atoms with E-state index >= 15 is 0 Å². The lowest BCUT2D eigenvalue weighted by Gasteiger charge is -2.32. The number of hydrogen-bond acceptors (Lipinski definition) is 6. The number of rotatable bonds is 7. The number of methoxy groups -OCH3 is 2. The predicted octanol–water partition coefficient (Wildman–Crippen LogP) is 3.95. The molecule has 1 saturated heterocycles. The van der Waals surface area contributed by atoms with Crippen LogP contribution in [0.5, 0.6) is 11.5 Å². The zero-order valence-electron chi connectivity index (χ0n) is 20.0. The molecule has 3 heterocycles. The Bertz CT molecular complexity index is 1330. The largest absolute Gasteiger partial charge is 0.497 e. The fourth-order valence-corrected chi connectivity index (χ4v) is 4.54. The SMILES string of the molecule is COc1cccc(CNC(=O)C2CCN(c3nccn4nc(-c5cccc(OC)c5)cc34)CC2)c1. The van der Waals surface area contributed by atoms with Crippen molar-refractivity contribution >= 4 is 17.2 Å². The van der Waals surface area contributed by atoms with Crippen molar-refractivity contribution in [3.63, 3.8) is 0 Å². The summed E-state index contributed by atoms with van der Waals surface area (Å²) in [6, 6.07) is 17.7. The molecular formula is C27H29N5O3. The Morgan fingerprint density at radius 3 is 2.54 bits per heavy atom. The first-order valence-corrected chi connectivity index (χ1v) is 11.8. The predicted molar refractivity (Wildman–Crippen MR) is 135 cm³/mol. The average Bonchev–Trinajstić information content (AvgIpc) is 3.37. The molecule has 0 saturated carbocycles. The lowest BCUT2D eigenvalue weighted by molar-refractivity contribution is -0.125. The quantitative estimate of drug-likeness (QED) is 0.440. The van der Waals surface area contributed by atoms with Crippen LogP contribution in [0, 0.1) is 5.92 Å². The van der Waals surface area contributed by atoms with Gasteiger partial charge in [0.2, 0.25) is 5.91 Å². The Kier molecular flexibility index (Phi) is 6.52. The van der Waals surface area contributed by atoms with Crippen LogP contribution in [0.25, 0.3) is 16.8 Å². The van der Waals surface area contributed by atoms with Gasteiger partial charge in [-0.2, -0.15) is 5.10 Å². The summed E-state index contributed by atoms with van der Waals surface area (Å²) in [7, 11) is 3.30. The van der Waals surface area contributed by atoms with Gasteiger partial charge in [0.15, 0.2) is 5.82 Å². The van der Waals surface area contributed by atoms with E-state index in [4.69, 9.17) is 14.6 Å². The van der Waals surface area contributed by atoms with Crippen LogP contribution in [0.2, 0.25) is 0 Å². The molecular weight excluding hydrogens is 442 g/mol. The van der Waals surface area contributed by atoms with Crippen LogP contribution in [0.1, 0.15) is 18.4 Å². The molecule has 5 rings (SSSR count). The zero-order chi connectivity index (χ0) is 24.2. The lowest BCUT2D eigenvalue weighted by atomic mass is 9.95. The van der Waals surface area contributed by atoms with Crippen molar-refractivity contribution in [3.8, 4) is 22.8 Å². The van der Waals surface area contributed by atoms with Crippen LogP contribution < -0.4 is 19.7 Å². The number of carbonyl (C=O) groups excluding carboxylic acids is 1. The number of nitrogens with zero attached hydrogens (tertiary/aromatic N) is 4. The van der Waals surface area contributed by atoms with E-state index in [1.807, 2.05) is 59.2 Å². The third-order valence-electron chi connectivity index (χ3n) is 6.50. The number of hydrogen-bond donors (Lipinski definition) is 1. The maximum absolute atomic E-state index is 12.8. The van der Waals surface area contributed by atoms with Gasteiger partial charge in [0.05, 0.1) is 19.9 Å². The Hall–Kier alpha value is -4.07. The number of nitrogens with one attached hydrogen (secondary N) is 1. The van der Waals surface area contributed by atoms with Gasteiger partial charge in [-0.25, -0.2) is 9.50 Å². The van der Waals surface area contributed by atoms with E-state index in [0.717, 1.165) is 65.6 Å². The molecule has 0 bridgehead atoms. The normalized spacial score (nSPS) is 14.2. The second-order valence-electron chi connectivity index (χ2n) is 8.67. The molecule has 8 nitrogen and oxygen atoms in total. The number of ether oxygens (including phenoxy) is 2. The molecule has 2 aromatic carbocycles. The number of carbonyl (C=O) groups is 1. The number of aromatic nitrogens is 3. The molecule has 0 aliphatic carbocycles. The number of amides is 1. The molecule has 1 fully saturated rings. The Morgan fingerprint density at radius 2 is 1.77 bits per heavy atom. The average molecular weight is 472 g/mol. The molecule has 0 atom stereocenters. The number of benzene rings is 2. The number of anilines is 1. The molecule has 0 spiro atoms. The van der Waals surface area contributed by atoms with Gasteiger partial charge in [0.25, 0.3) is 0 Å². The molecule has 180 valence electrons. The smallest absolute Gasteiger partial charge is 0.223 e. The minimum atomic E-state index is -0.00570. The molecule has 0 unspecified atom stereocenters. The first-order valence-electron chi connectivity index (χ1n) is 11.8. The summed E-state index contributed by atoms with van der Waals surface area (Å²) in [4.78, 5) is 19.7. The molecule has 1 aliphatic rings. The van der Waals surface area contributed by atoms with Gasteiger partial charge in [-0.1, -0.05) is 24.3 Å². The van der Waals surface area contributed by atoms with E-state index in [1.165, 1.54) is 0 Å². The van der Waals surface area contributed by atoms with Crippen LogP contribution in [0.4, 0.5) is 5.82 Å². The molecule has 4 aromatic rings. The van der Waals surface area contributed by atoms with Gasteiger partial charge in [-0.05, 0) is 48.7 Å². The van der Waals surface area contributed by atoms with Gasteiger partial charge >= 0.3 is 0 Å². The Morgan fingerprint density at radius 1 is 1.03 bits per heavy atom. The first kappa shape index (κ1) is 22.7. The maximum Gasteiger partial charge on any atom is 0.223 e. The molecule has 1 amide bonds. The van der Waals surface area contributed by atoms with E-state index in [9.17, 15) is 4.79 Å². The Balaban J connectivity index is 1.25. The van der Waals surface area contributed by atoms with Crippen molar-refractivity contribution < 1.29 is 14.3 Å². The van der Waals surface area contributed by atoms with Crippen LogP contribution in [0.15, 0.2) is 67.0 Å². The highest BCUT2D eigenvalue weighted by Crippen LogP contribution is 2.29. The van der Waals surface area contributed by atoms with E-state index in [0.29, 0.717) is 6.54 Å². The van der Waals surface area contributed by atoms with Crippen molar-refractivity contribution in [2.24, 2.45) is 5.92 Å². The van der Waals surface area contributed by atoms with Gasteiger partial charge in [0.1, 0.15) is 17.0 Å². The highest BCUT2D eigenvalue weighted by molar-refractivity contribution is 5.80. The molecule has 0 radical (unpaired) electrons. The van der Waals surface area contributed by atoms with E-state index in [-0.39, 0.29) is 11.8 Å². The lowest BCUT2D eigenvalue weighted by Crippen LogP contribution is -2.40. The Labute approximate surface area is 204 Å². The topological polar surface area (TPSA) is 81.0 Å². The number of piperidine rings is 1. The summed E-state index contributed by atoms with van der Waals surface area (Å²) >= 11 is 0. The van der Waals surface area contributed by atoms with Gasteiger partial charge in [-0.15, -0.1) is 0 Å². The fourth-order valence-electron chi connectivity index (χ4n) is 4.54. The molecule has 1 aliphatic heterocycles. The maximum atomic E-state index is 12.8. The van der Waals surface area contributed by atoms with Crippen molar-refractivity contribution in [1.29, 1.82) is 0 Å². The first-order chi connectivity index (χ1) is 17.1. The van der Waals surface area contributed by atoms with Crippen LogP contribution in [-0.2, 0) is 11.3 Å².